The molecule has 0 unspecified atom stereocenters. The fourth-order valence-corrected chi connectivity index (χ4v) is 3.12. The van der Waals surface area contributed by atoms with Crippen LogP contribution in [0.4, 0.5) is 5.69 Å². The molecular formula is C22H20N4O. The highest BCUT2D eigenvalue weighted by Crippen LogP contribution is 2.22. The van der Waals surface area contributed by atoms with Crippen molar-refractivity contribution in [1.29, 1.82) is 0 Å². The topological polar surface area (TPSA) is 59.8 Å². The molecule has 0 saturated heterocycles. The number of aromatic nitrogens is 3. The Labute approximate surface area is 157 Å². The van der Waals surface area contributed by atoms with Crippen LogP contribution in [0.25, 0.3) is 16.7 Å². The quantitative estimate of drug-likeness (QED) is 0.584. The lowest BCUT2D eigenvalue weighted by molar-refractivity contribution is 0.102. The molecule has 1 N–H and O–H groups in total. The Kier molecular flexibility index (Phi) is 4.20. The number of carbonyl (C=O) groups excluding carboxylic acids is 1. The summed E-state index contributed by atoms with van der Waals surface area (Å²) in [4.78, 5) is 14.0. The van der Waals surface area contributed by atoms with Crippen molar-refractivity contribution in [1.82, 2.24) is 15.0 Å². The lowest BCUT2D eigenvalue weighted by atomic mass is 10.1. The molecule has 4 rings (SSSR count). The number of rotatable bonds is 3. The van der Waals surface area contributed by atoms with E-state index in [-0.39, 0.29) is 5.91 Å². The van der Waals surface area contributed by atoms with Gasteiger partial charge in [0, 0.05) is 11.3 Å². The van der Waals surface area contributed by atoms with Gasteiger partial charge in [-0.25, -0.2) is 0 Å². The second-order valence-corrected chi connectivity index (χ2v) is 6.74. The molecule has 0 aliphatic rings. The molecule has 0 spiro atoms. The maximum Gasteiger partial charge on any atom is 0.255 e. The molecule has 3 aromatic carbocycles. The molecule has 134 valence electrons. The third-order valence-corrected chi connectivity index (χ3v) is 4.67. The van der Waals surface area contributed by atoms with Gasteiger partial charge in [0.1, 0.15) is 11.0 Å². The van der Waals surface area contributed by atoms with E-state index in [4.69, 9.17) is 0 Å². The van der Waals surface area contributed by atoms with Crippen molar-refractivity contribution in [2.24, 2.45) is 0 Å². The van der Waals surface area contributed by atoms with E-state index in [1.165, 1.54) is 11.1 Å². The van der Waals surface area contributed by atoms with E-state index in [9.17, 15) is 4.79 Å². The Morgan fingerprint density at radius 2 is 1.63 bits per heavy atom. The average molecular weight is 356 g/mol. The molecule has 0 saturated carbocycles. The van der Waals surface area contributed by atoms with Gasteiger partial charge >= 0.3 is 0 Å². The highest BCUT2D eigenvalue weighted by Gasteiger charge is 2.11. The van der Waals surface area contributed by atoms with E-state index in [0.717, 1.165) is 22.3 Å². The summed E-state index contributed by atoms with van der Waals surface area (Å²) in [5, 5.41) is 12.1. The summed E-state index contributed by atoms with van der Waals surface area (Å²) >= 11 is 0. The van der Waals surface area contributed by atoms with Crippen LogP contribution in [0.3, 0.4) is 0 Å². The largest absolute Gasteiger partial charge is 0.322 e. The zero-order chi connectivity index (χ0) is 19.0. The molecule has 0 fully saturated rings. The smallest absolute Gasteiger partial charge is 0.255 e. The molecule has 1 aromatic heterocycles. The van der Waals surface area contributed by atoms with Crippen molar-refractivity contribution in [3.63, 3.8) is 0 Å². The van der Waals surface area contributed by atoms with E-state index in [1.807, 2.05) is 36.4 Å². The molecule has 0 aliphatic carbocycles. The lowest BCUT2D eigenvalue weighted by Gasteiger charge is -2.08. The Morgan fingerprint density at radius 3 is 2.41 bits per heavy atom. The van der Waals surface area contributed by atoms with Gasteiger partial charge in [0.2, 0.25) is 0 Å². The number of benzene rings is 3. The van der Waals surface area contributed by atoms with Gasteiger partial charge in [-0.2, -0.15) is 4.80 Å². The maximum absolute atomic E-state index is 12.3. The minimum Gasteiger partial charge on any atom is -0.322 e. The number of fused-ring (bicyclic) bond motifs is 1. The normalized spacial score (nSPS) is 10.9. The van der Waals surface area contributed by atoms with Gasteiger partial charge in [-0.15, -0.1) is 10.2 Å². The Morgan fingerprint density at radius 1 is 0.889 bits per heavy atom. The zero-order valence-electron chi connectivity index (χ0n) is 15.5. The summed E-state index contributed by atoms with van der Waals surface area (Å²) in [5.41, 5.74) is 7.34. The molecule has 0 bridgehead atoms. The van der Waals surface area contributed by atoms with Crippen LogP contribution < -0.4 is 5.32 Å². The number of carbonyl (C=O) groups is 1. The van der Waals surface area contributed by atoms with Gasteiger partial charge in [-0.1, -0.05) is 24.3 Å². The van der Waals surface area contributed by atoms with Gasteiger partial charge in [-0.05, 0) is 73.9 Å². The Bertz CT molecular complexity index is 1150. The van der Waals surface area contributed by atoms with Crippen molar-refractivity contribution in [3.05, 3.63) is 82.9 Å². The minimum atomic E-state index is -0.146. The van der Waals surface area contributed by atoms with Gasteiger partial charge in [0.25, 0.3) is 5.91 Å². The first-order valence-corrected chi connectivity index (χ1v) is 8.83. The highest BCUT2D eigenvalue weighted by molar-refractivity contribution is 6.04. The van der Waals surface area contributed by atoms with Crippen LogP contribution in [0.15, 0.2) is 60.7 Å². The number of anilines is 1. The van der Waals surface area contributed by atoms with Crippen LogP contribution >= 0.6 is 0 Å². The van der Waals surface area contributed by atoms with Crippen LogP contribution in [0, 0.1) is 20.8 Å². The fraction of sp³-hybridized carbons (Fsp3) is 0.136. The first kappa shape index (κ1) is 17.0. The van der Waals surface area contributed by atoms with Crippen LogP contribution in [-0.4, -0.2) is 20.9 Å². The summed E-state index contributed by atoms with van der Waals surface area (Å²) in [6, 6.07) is 18.9. The monoisotopic (exact) mass is 356 g/mol. The second kappa shape index (κ2) is 6.68. The van der Waals surface area contributed by atoms with E-state index in [0.29, 0.717) is 11.3 Å². The molecule has 1 heterocycles. The maximum atomic E-state index is 12.3. The van der Waals surface area contributed by atoms with Crippen LogP contribution in [0.2, 0.25) is 0 Å². The molecule has 1 amide bonds. The lowest BCUT2D eigenvalue weighted by Crippen LogP contribution is -2.11. The first-order valence-electron chi connectivity index (χ1n) is 8.83. The SMILES string of the molecule is Cc1cc(C)c(C)c(-n2nc3ccc(NC(=O)c4ccccc4)cc3n2)c1. The molecule has 0 radical (unpaired) electrons. The molecule has 0 atom stereocenters. The third kappa shape index (κ3) is 3.31. The number of hydrogen-bond donors (Lipinski definition) is 1. The summed E-state index contributed by atoms with van der Waals surface area (Å²) < 4.78 is 0. The second-order valence-electron chi connectivity index (χ2n) is 6.74. The summed E-state index contributed by atoms with van der Waals surface area (Å²) in [5.74, 6) is -0.146. The Balaban J connectivity index is 1.68. The van der Waals surface area contributed by atoms with Crippen LogP contribution in [0.1, 0.15) is 27.0 Å². The van der Waals surface area contributed by atoms with E-state index >= 15 is 0 Å². The van der Waals surface area contributed by atoms with Gasteiger partial charge in [-0.3, -0.25) is 4.79 Å². The Hall–Kier alpha value is -3.47. The number of aryl methyl sites for hydroxylation is 2. The van der Waals surface area contributed by atoms with Gasteiger partial charge in [0.15, 0.2) is 0 Å². The molecule has 4 aromatic rings. The fourth-order valence-electron chi connectivity index (χ4n) is 3.12. The van der Waals surface area contributed by atoms with Gasteiger partial charge < -0.3 is 5.32 Å². The molecule has 27 heavy (non-hydrogen) atoms. The summed E-state index contributed by atoms with van der Waals surface area (Å²) in [7, 11) is 0. The summed E-state index contributed by atoms with van der Waals surface area (Å²) in [6.07, 6.45) is 0. The number of nitrogens with one attached hydrogen (secondary N) is 1. The van der Waals surface area contributed by atoms with Crippen molar-refractivity contribution in [3.8, 4) is 5.69 Å². The first-order chi connectivity index (χ1) is 13.0. The van der Waals surface area contributed by atoms with E-state index in [1.54, 1.807) is 16.9 Å². The van der Waals surface area contributed by atoms with Crippen molar-refractivity contribution in [2.45, 2.75) is 20.8 Å². The van der Waals surface area contributed by atoms with Crippen LogP contribution in [-0.2, 0) is 0 Å². The number of nitrogens with zero attached hydrogens (tertiary/aromatic N) is 3. The molecule has 5 nitrogen and oxygen atoms in total. The van der Waals surface area contributed by atoms with E-state index < -0.39 is 0 Å². The van der Waals surface area contributed by atoms with Crippen molar-refractivity contribution >= 4 is 22.6 Å². The molecule has 0 aliphatic heterocycles. The van der Waals surface area contributed by atoms with E-state index in [2.05, 4.69) is 48.4 Å². The van der Waals surface area contributed by atoms with Crippen molar-refractivity contribution in [2.75, 3.05) is 5.32 Å². The molecule has 5 heteroatoms. The third-order valence-electron chi connectivity index (χ3n) is 4.67. The standard InChI is InChI=1S/C22H20N4O/c1-14-11-15(2)16(3)21(12-14)26-24-19-10-9-18(13-20(19)25-26)23-22(27)17-7-5-4-6-8-17/h4-13H,1-3H3,(H,23,27). The van der Waals surface area contributed by atoms with Gasteiger partial charge in [0.05, 0.1) is 5.69 Å². The predicted octanol–water partition coefficient (Wildman–Crippen LogP) is 4.60. The zero-order valence-corrected chi connectivity index (χ0v) is 15.5. The molecular weight excluding hydrogens is 336 g/mol. The average Bonchev–Trinajstić information content (AvgIpc) is 3.08. The number of amides is 1. The summed E-state index contributed by atoms with van der Waals surface area (Å²) in [6.45, 7) is 6.23. The highest BCUT2D eigenvalue weighted by atomic mass is 16.1. The minimum absolute atomic E-state index is 0.146. The number of hydrogen-bond acceptors (Lipinski definition) is 3. The van der Waals surface area contributed by atoms with Crippen LogP contribution in [0.5, 0.6) is 0 Å². The van der Waals surface area contributed by atoms with Crippen molar-refractivity contribution < 1.29 is 4.79 Å². The predicted molar refractivity (Wildman–Crippen MR) is 107 cm³/mol.